The van der Waals surface area contributed by atoms with Crippen molar-refractivity contribution in [1.82, 2.24) is 5.32 Å². The van der Waals surface area contributed by atoms with Gasteiger partial charge in [-0.1, -0.05) is 23.8 Å². The number of hydrogen-bond acceptors (Lipinski definition) is 2. The highest BCUT2D eigenvalue weighted by atomic mass is 16.4. The maximum Gasteiger partial charge on any atom is 0.328 e. The monoisotopic (exact) mass is 235 g/mol. The van der Waals surface area contributed by atoms with E-state index in [2.05, 4.69) is 5.32 Å². The molecule has 1 atom stereocenters. The van der Waals surface area contributed by atoms with Crippen LogP contribution in [0.2, 0.25) is 0 Å². The molecule has 1 rings (SSSR count). The van der Waals surface area contributed by atoms with Gasteiger partial charge >= 0.3 is 5.97 Å². The fourth-order valence-electron chi connectivity index (χ4n) is 2.21. The van der Waals surface area contributed by atoms with Crippen molar-refractivity contribution in [3.8, 4) is 0 Å². The number of rotatable bonds is 4. The molecule has 3 heteroatoms. The molecule has 0 bridgehead atoms. The standard InChI is InChI=1S/C14H21NO2/c1-9(2)15-14(5,13(16)17)12-7-6-10(3)8-11(12)4/h6-9,15H,1-5H3,(H,16,17). The largest absolute Gasteiger partial charge is 0.480 e. The van der Waals surface area contributed by atoms with Crippen LogP contribution in [0.4, 0.5) is 0 Å². The van der Waals surface area contributed by atoms with Crippen molar-refractivity contribution in [3.63, 3.8) is 0 Å². The Bertz CT molecular complexity index is 426. The van der Waals surface area contributed by atoms with Gasteiger partial charge in [0.1, 0.15) is 5.54 Å². The lowest BCUT2D eigenvalue weighted by Crippen LogP contribution is -2.50. The van der Waals surface area contributed by atoms with E-state index in [1.54, 1.807) is 6.92 Å². The van der Waals surface area contributed by atoms with Crippen molar-refractivity contribution in [1.29, 1.82) is 0 Å². The Labute approximate surface area is 103 Å². The smallest absolute Gasteiger partial charge is 0.328 e. The molecule has 0 heterocycles. The summed E-state index contributed by atoms with van der Waals surface area (Å²) in [5.41, 5.74) is 1.93. The van der Waals surface area contributed by atoms with Crippen molar-refractivity contribution < 1.29 is 9.90 Å². The summed E-state index contributed by atoms with van der Waals surface area (Å²) in [6.45, 7) is 9.57. The molecule has 1 aromatic rings. The van der Waals surface area contributed by atoms with Crippen LogP contribution in [0, 0.1) is 13.8 Å². The van der Waals surface area contributed by atoms with Crippen LogP contribution in [0.25, 0.3) is 0 Å². The molecule has 0 spiro atoms. The number of aryl methyl sites for hydroxylation is 2. The zero-order valence-electron chi connectivity index (χ0n) is 11.2. The van der Waals surface area contributed by atoms with Crippen LogP contribution in [0.3, 0.4) is 0 Å². The van der Waals surface area contributed by atoms with Crippen molar-refractivity contribution in [2.75, 3.05) is 0 Å². The maximum absolute atomic E-state index is 11.5. The third-order valence-electron chi connectivity index (χ3n) is 2.93. The third kappa shape index (κ3) is 2.86. The first kappa shape index (κ1) is 13.7. The van der Waals surface area contributed by atoms with Crippen LogP contribution in [-0.4, -0.2) is 17.1 Å². The average molecular weight is 235 g/mol. The summed E-state index contributed by atoms with van der Waals surface area (Å²) in [6, 6.07) is 5.97. The van der Waals surface area contributed by atoms with Gasteiger partial charge in [0.2, 0.25) is 0 Å². The molecule has 1 unspecified atom stereocenters. The Balaban J connectivity index is 3.27. The molecule has 0 aliphatic heterocycles. The molecule has 1 aromatic carbocycles. The van der Waals surface area contributed by atoms with Gasteiger partial charge in [-0.25, -0.2) is 4.79 Å². The third-order valence-corrected chi connectivity index (χ3v) is 2.93. The van der Waals surface area contributed by atoms with Crippen LogP contribution < -0.4 is 5.32 Å². The molecule has 0 aliphatic carbocycles. The van der Waals surface area contributed by atoms with Crippen LogP contribution in [0.5, 0.6) is 0 Å². The van der Waals surface area contributed by atoms with E-state index in [4.69, 9.17) is 0 Å². The van der Waals surface area contributed by atoms with E-state index in [1.165, 1.54) is 0 Å². The second-order valence-electron chi connectivity index (χ2n) is 5.05. The molecule has 0 amide bonds. The number of benzene rings is 1. The van der Waals surface area contributed by atoms with Gasteiger partial charge in [-0.3, -0.25) is 5.32 Å². The lowest BCUT2D eigenvalue weighted by Gasteiger charge is -2.30. The first-order valence-electron chi connectivity index (χ1n) is 5.86. The summed E-state index contributed by atoms with van der Waals surface area (Å²) in [5, 5.41) is 12.6. The van der Waals surface area contributed by atoms with Crippen LogP contribution in [0.15, 0.2) is 18.2 Å². The van der Waals surface area contributed by atoms with Gasteiger partial charge in [0.05, 0.1) is 0 Å². The molecule has 0 saturated carbocycles. The van der Waals surface area contributed by atoms with E-state index in [9.17, 15) is 9.90 Å². The lowest BCUT2D eigenvalue weighted by molar-refractivity contribution is -0.145. The highest BCUT2D eigenvalue weighted by Gasteiger charge is 2.36. The second-order valence-corrected chi connectivity index (χ2v) is 5.05. The van der Waals surface area contributed by atoms with Crippen molar-refractivity contribution in [2.45, 2.75) is 46.2 Å². The van der Waals surface area contributed by atoms with Crippen LogP contribution >= 0.6 is 0 Å². The summed E-state index contributed by atoms with van der Waals surface area (Å²) in [7, 11) is 0. The first-order chi connectivity index (χ1) is 7.77. The minimum atomic E-state index is -1.04. The summed E-state index contributed by atoms with van der Waals surface area (Å²) >= 11 is 0. The van der Waals surface area contributed by atoms with Gasteiger partial charge in [-0.15, -0.1) is 0 Å². The lowest BCUT2D eigenvalue weighted by atomic mass is 9.87. The summed E-state index contributed by atoms with van der Waals surface area (Å²) in [5.74, 6) is -0.849. The Morgan fingerprint density at radius 1 is 1.35 bits per heavy atom. The number of carbonyl (C=O) groups is 1. The predicted molar refractivity (Wildman–Crippen MR) is 69.2 cm³/mol. The van der Waals surface area contributed by atoms with Gasteiger partial charge in [0, 0.05) is 6.04 Å². The number of carboxylic acids is 1. The van der Waals surface area contributed by atoms with E-state index in [0.717, 1.165) is 16.7 Å². The predicted octanol–water partition coefficient (Wildman–Crippen LogP) is 2.60. The fourth-order valence-corrected chi connectivity index (χ4v) is 2.21. The Kier molecular flexibility index (Phi) is 3.94. The quantitative estimate of drug-likeness (QED) is 0.843. The maximum atomic E-state index is 11.5. The zero-order chi connectivity index (χ0) is 13.2. The highest BCUT2D eigenvalue weighted by molar-refractivity contribution is 5.81. The summed E-state index contributed by atoms with van der Waals surface area (Å²) in [6.07, 6.45) is 0. The van der Waals surface area contributed by atoms with Crippen molar-refractivity contribution in [2.24, 2.45) is 0 Å². The molecule has 94 valence electrons. The molecule has 0 fully saturated rings. The minimum Gasteiger partial charge on any atom is -0.480 e. The van der Waals surface area contributed by atoms with Gasteiger partial charge in [0.25, 0.3) is 0 Å². The van der Waals surface area contributed by atoms with Gasteiger partial charge < -0.3 is 5.11 Å². The number of aliphatic carboxylic acids is 1. The van der Waals surface area contributed by atoms with E-state index in [-0.39, 0.29) is 6.04 Å². The van der Waals surface area contributed by atoms with Crippen LogP contribution in [-0.2, 0) is 10.3 Å². The van der Waals surface area contributed by atoms with E-state index >= 15 is 0 Å². The minimum absolute atomic E-state index is 0.108. The normalized spacial score (nSPS) is 14.7. The molecule has 0 aromatic heterocycles. The SMILES string of the molecule is Cc1ccc(C(C)(NC(C)C)C(=O)O)c(C)c1. The van der Waals surface area contributed by atoms with E-state index in [1.807, 2.05) is 45.9 Å². The molecular weight excluding hydrogens is 214 g/mol. The number of nitrogens with one attached hydrogen (secondary N) is 1. The molecule has 2 N–H and O–H groups in total. The Hall–Kier alpha value is -1.35. The summed E-state index contributed by atoms with van der Waals surface area (Å²) < 4.78 is 0. The Morgan fingerprint density at radius 2 is 1.94 bits per heavy atom. The topological polar surface area (TPSA) is 49.3 Å². The van der Waals surface area contributed by atoms with Gasteiger partial charge in [-0.2, -0.15) is 0 Å². The molecule has 0 radical (unpaired) electrons. The fraction of sp³-hybridized carbons (Fsp3) is 0.500. The number of hydrogen-bond donors (Lipinski definition) is 2. The van der Waals surface area contributed by atoms with E-state index in [0.29, 0.717) is 0 Å². The van der Waals surface area contributed by atoms with Gasteiger partial charge in [-0.05, 0) is 45.7 Å². The number of carboxylic acid groups (broad SMARTS) is 1. The van der Waals surface area contributed by atoms with Crippen LogP contribution in [0.1, 0.15) is 37.5 Å². The zero-order valence-corrected chi connectivity index (χ0v) is 11.2. The van der Waals surface area contributed by atoms with E-state index < -0.39 is 11.5 Å². The van der Waals surface area contributed by atoms with Crippen molar-refractivity contribution >= 4 is 5.97 Å². The van der Waals surface area contributed by atoms with Crippen molar-refractivity contribution in [3.05, 3.63) is 34.9 Å². The van der Waals surface area contributed by atoms with Gasteiger partial charge in [0.15, 0.2) is 0 Å². The second kappa shape index (κ2) is 4.88. The molecule has 17 heavy (non-hydrogen) atoms. The first-order valence-corrected chi connectivity index (χ1v) is 5.86. The Morgan fingerprint density at radius 3 is 2.35 bits per heavy atom. The molecular formula is C14H21NO2. The molecule has 3 nitrogen and oxygen atoms in total. The summed E-state index contributed by atoms with van der Waals surface area (Å²) in [4.78, 5) is 11.5. The molecule has 0 aliphatic rings. The molecule has 0 saturated heterocycles. The highest BCUT2D eigenvalue weighted by Crippen LogP contribution is 2.26. The average Bonchev–Trinajstić information content (AvgIpc) is 2.15.